The first-order valence-electron chi connectivity index (χ1n) is 5.98. The van der Waals surface area contributed by atoms with Crippen LogP contribution in [-0.4, -0.2) is 11.1 Å². The molecule has 1 aromatic rings. The third kappa shape index (κ3) is 2.50. The summed E-state index contributed by atoms with van der Waals surface area (Å²) in [5.41, 5.74) is 2.15. The molecule has 1 unspecified atom stereocenters. The van der Waals surface area contributed by atoms with E-state index in [0.717, 1.165) is 24.0 Å². The molecule has 0 radical (unpaired) electrons. The molecule has 0 heterocycles. The summed E-state index contributed by atoms with van der Waals surface area (Å²) in [6.45, 7) is 1.49. The van der Waals surface area contributed by atoms with Gasteiger partial charge in [0, 0.05) is 5.56 Å². The van der Waals surface area contributed by atoms with Crippen molar-refractivity contribution in [1.82, 2.24) is 0 Å². The summed E-state index contributed by atoms with van der Waals surface area (Å²) >= 11 is 0. The molecule has 0 fully saturated rings. The summed E-state index contributed by atoms with van der Waals surface area (Å²) in [7, 11) is 0. The maximum Gasteiger partial charge on any atom is 0.310 e. The molecule has 0 spiro atoms. The summed E-state index contributed by atoms with van der Waals surface area (Å²) in [6, 6.07) is 4.80. The van der Waals surface area contributed by atoms with Crippen LogP contribution in [0.1, 0.15) is 36.8 Å². The Balaban J connectivity index is 2.33. The topological polar surface area (TPSA) is 37.3 Å². The molecule has 0 aromatic heterocycles. The highest BCUT2D eigenvalue weighted by Gasteiger charge is 2.18. The van der Waals surface area contributed by atoms with Crippen LogP contribution in [0.5, 0.6) is 0 Å². The first kappa shape index (κ1) is 12.6. The minimum atomic E-state index is -1.01. The Hall–Kier alpha value is -1.90. The Labute approximate surface area is 105 Å². The highest BCUT2D eigenvalue weighted by molar-refractivity contribution is 5.76. The Morgan fingerprint density at radius 3 is 2.78 bits per heavy atom. The van der Waals surface area contributed by atoms with E-state index >= 15 is 0 Å². The van der Waals surface area contributed by atoms with Gasteiger partial charge in [0.1, 0.15) is 5.82 Å². The van der Waals surface area contributed by atoms with Gasteiger partial charge < -0.3 is 5.11 Å². The molecule has 94 valence electrons. The van der Waals surface area contributed by atoms with Crippen LogP contribution >= 0.6 is 0 Å². The lowest BCUT2D eigenvalue weighted by Crippen LogP contribution is -2.09. The van der Waals surface area contributed by atoms with Gasteiger partial charge in [0.2, 0.25) is 0 Å². The maximum atomic E-state index is 13.9. The monoisotopic (exact) mass is 246 g/mol. The van der Waals surface area contributed by atoms with Crippen LogP contribution in [0.4, 0.5) is 4.39 Å². The third-order valence-corrected chi connectivity index (χ3v) is 3.22. The van der Waals surface area contributed by atoms with E-state index in [9.17, 15) is 9.18 Å². The molecular weight excluding hydrogens is 231 g/mol. The number of benzene rings is 1. The zero-order valence-corrected chi connectivity index (χ0v) is 10.2. The molecule has 1 aliphatic rings. The van der Waals surface area contributed by atoms with Crippen LogP contribution in [0.2, 0.25) is 0 Å². The number of halogens is 1. The summed E-state index contributed by atoms with van der Waals surface area (Å²) < 4.78 is 13.9. The van der Waals surface area contributed by atoms with Crippen LogP contribution in [0.25, 0.3) is 5.57 Å². The van der Waals surface area contributed by atoms with E-state index in [2.05, 4.69) is 6.08 Å². The molecule has 0 bridgehead atoms. The smallest absolute Gasteiger partial charge is 0.310 e. The molecule has 1 N–H and O–H groups in total. The molecule has 18 heavy (non-hydrogen) atoms. The van der Waals surface area contributed by atoms with Gasteiger partial charge in [-0.2, -0.15) is 0 Å². The fraction of sp³-hybridized carbons (Fsp3) is 0.267. The number of rotatable bonds is 3. The fourth-order valence-corrected chi connectivity index (χ4v) is 2.05. The highest BCUT2D eigenvalue weighted by Crippen LogP contribution is 2.27. The van der Waals surface area contributed by atoms with E-state index in [0.29, 0.717) is 0 Å². The Bertz CT molecular complexity index is 529. The van der Waals surface area contributed by atoms with E-state index in [1.54, 1.807) is 12.1 Å². The summed E-state index contributed by atoms with van der Waals surface area (Å²) in [5, 5.41) is 8.89. The summed E-state index contributed by atoms with van der Waals surface area (Å²) in [6.07, 6.45) is 7.86. The van der Waals surface area contributed by atoms with E-state index in [1.807, 2.05) is 12.2 Å². The second kappa shape index (κ2) is 5.17. The van der Waals surface area contributed by atoms with E-state index in [-0.39, 0.29) is 5.56 Å². The Morgan fingerprint density at radius 2 is 2.22 bits per heavy atom. The van der Waals surface area contributed by atoms with Gasteiger partial charge >= 0.3 is 5.97 Å². The first-order chi connectivity index (χ1) is 8.59. The van der Waals surface area contributed by atoms with Crippen molar-refractivity contribution in [3.05, 3.63) is 53.4 Å². The van der Waals surface area contributed by atoms with Crippen molar-refractivity contribution in [1.29, 1.82) is 0 Å². The largest absolute Gasteiger partial charge is 0.481 e. The van der Waals surface area contributed by atoms with Crippen molar-refractivity contribution in [3.8, 4) is 0 Å². The molecule has 0 saturated heterocycles. The van der Waals surface area contributed by atoms with Crippen LogP contribution in [0.3, 0.4) is 0 Å². The lowest BCUT2D eigenvalue weighted by molar-refractivity contribution is -0.138. The van der Waals surface area contributed by atoms with Crippen molar-refractivity contribution in [2.45, 2.75) is 25.7 Å². The molecule has 3 heteroatoms. The van der Waals surface area contributed by atoms with Crippen molar-refractivity contribution in [2.75, 3.05) is 0 Å². The van der Waals surface area contributed by atoms with Gasteiger partial charge in [-0.3, -0.25) is 4.79 Å². The number of hydrogen-bond acceptors (Lipinski definition) is 1. The Kier molecular flexibility index (Phi) is 3.60. The SMILES string of the molecule is CC(C(=O)O)c1ccc(C2=CC=CCC2)cc1F. The Morgan fingerprint density at radius 1 is 1.44 bits per heavy atom. The van der Waals surface area contributed by atoms with Gasteiger partial charge in [-0.05, 0) is 37.0 Å². The van der Waals surface area contributed by atoms with Crippen molar-refractivity contribution in [3.63, 3.8) is 0 Å². The number of carboxylic acids is 1. The average molecular weight is 246 g/mol. The van der Waals surface area contributed by atoms with Gasteiger partial charge in [-0.15, -0.1) is 0 Å². The van der Waals surface area contributed by atoms with E-state index < -0.39 is 17.7 Å². The van der Waals surface area contributed by atoms with Crippen LogP contribution in [0.15, 0.2) is 36.4 Å². The summed E-state index contributed by atoms with van der Waals surface area (Å²) in [5.74, 6) is -2.28. The zero-order valence-electron chi connectivity index (χ0n) is 10.2. The van der Waals surface area contributed by atoms with Gasteiger partial charge in [0.15, 0.2) is 0 Å². The molecule has 0 saturated carbocycles. The molecule has 1 atom stereocenters. The van der Waals surface area contributed by atoms with Crippen molar-refractivity contribution >= 4 is 11.5 Å². The molecule has 1 aliphatic carbocycles. The predicted octanol–water partition coefficient (Wildman–Crippen LogP) is 3.75. The lowest BCUT2D eigenvalue weighted by Gasteiger charge is -2.12. The van der Waals surface area contributed by atoms with Crippen molar-refractivity contribution in [2.24, 2.45) is 0 Å². The first-order valence-corrected chi connectivity index (χ1v) is 5.98. The van der Waals surface area contributed by atoms with E-state index in [4.69, 9.17) is 5.11 Å². The van der Waals surface area contributed by atoms with Crippen LogP contribution < -0.4 is 0 Å². The molecule has 2 nitrogen and oxygen atoms in total. The molecule has 0 amide bonds. The van der Waals surface area contributed by atoms with Gasteiger partial charge in [0.25, 0.3) is 0 Å². The van der Waals surface area contributed by atoms with Crippen molar-refractivity contribution < 1.29 is 14.3 Å². The number of hydrogen-bond donors (Lipinski definition) is 1. The number of carbonyl (C=O) groups is 1. The normalized spacial score (nSPS) is 16.2. The minimum absolute atomic E-state index is 0.234. The molecule has 0 aliphatic heterocycles. The second-order valence-electron chi connectivity index (χ2n) is 4.45. The van der Waals surface area contributed by atoms with Gasteiger partial charge in [-0.25, -0.2) is 4.39 Å². The summed E-state index contributed by atoms with van der Waals surface area (Å²) in [4.78, 5) is 10.9. The number of allylic oxidation sites excluding steroid dienone is 4. The van der Waals surface area contributed by atoms with Gasteiger partial charge in [0.05, 0.1) is 5.92 Å². The molecule has 1 aromatic carbocycles. The highest BCUT2D eigenvalue weighted by atomic mass is 19.1. The second-order valence-corrected chi connectivity index (χ2v) is 4.45. The number of aliphatic carboxylic acids is 1. The van der Waals surface area contributed by atoms with Crippen LogP contribution in [-0.2, 0) is 4.79 Å². The fourth-order valence-electron chi connectivity index (χ4n) is 2.05. The predicted molar refractivity (Wildman–Crippen MR) is 68.8 cm³/mol. The zero-order chi connectivity index (χ0) is 13.1. The molecular formula is C15H15FO2. The third-order valence-electron chi connectivity index (χ3n) is 3.22. The lowest BCUT2D eigenvalue weighted by atomic mass is 9.93. The van der Waals surface area contributed by atoms with E-state index in [1.165, 1.54) is 13.0 Å². The maximum absolute atomic E-state index is 13.9. The quantitative estimate of drug-likeness (QED) is 0.882. The molecule has 2 rings (SSSR count). The average Bonchev–Trinajstić information content (AvgIpc) is 2.38. The van der Waals surface area contributed by atoms with Gasteiger partial charge in [-0.1, -0.05) is 30.4 Å². The standard InChI is InChI=1S/C15H15FO2/c1-10(15(17)18)13-8-7-12(9-14(13)16)11-5-3-2-4-6-11/h2-3,5,7-10H,4,6H2,1H3,(H,17,18). The number of carboxylic acid groups (broad SMARTS) is 1. The van der Waals surface area contributed by atoms with Crippen LogP contribution in [0, 0.1) is 5.82 Å². The minimum Gasteiger partial charge on any atom is -0.481 e.